The molecular formula is C16H29N3O3. The number of nitrogens with one attached hydrogen (secondary N) is 2. The number of likely N-dealkylation sites (tertiary alicyclic amines) is 1. The van der Waals surface area contributed by atoms with Crippen LogP contribution in [0.1, 0.15) is 53.4 Å². The standard InChI is InChI=1S/C16H29N3O3/c1-5-12(14(20)6-2)18-15(21)13-9-8-10-19(13)16(22)11(4)17-7-3/h11-13,17H,5-10H2,1-4H3,(H,18,21)/t11?,12-,13+/m0/s1. The minimum Gasteiger partial charge on any atom is -0.345 e. The highest BCUT2D eigenvalue weighted by Gasteiger charge is 2.36. The maximum Gasteiger partial charge on any atom is 0.243 e. The lowest BCUT2D eigenvalue weighted by Crippen LogP contribution is -2.53. The first-order chi connectivity index (χ1) is 10.5. The van der Waals surface area contributed by atoms with Crippen molar-refractivity contribution < 1.29 is 14.4 Å². The highest BCUT2D eigenvalue weighted by molar-refractivity contribution is 5.93. The van der Waals surface area contributed by atoms with Gasteiger partial charge in [-0.3, -0.25) is 14.4 Å². The number of carbonyl (C=O) groups excluding carboxylic acids is 3. The van der Waals surface area contributed by atoms with Gasteiger partial charge in [-0.2, -0.15) is 0 Å². The third-order valence-electron chi connectivity index (χ3n) is 4.18. The zero-order chi connectivity index (χ0) is 16.7. The van der Waals surface area contributed by atoms with E-state index in [-0.39, 0.29) is 23.6 Å². The number of rotatable bonds is 8. The van der Waals surface area contributed by atoms with Gasteiger partial charge in [-0.25, -0.2) is 0 Å². The molecular weight excluding hydrogens is 282 g/mol. The molecule has 1 rings (SSSR count). The van der Waals surface area contributed by atoms with E-state index in [1.807, 2.05) is 20.8 Å². The number of carbonyl (C=O) groups is 3. The Morgan fingerprint density at radius 3 is 2.45 bits per heavy atom. The Bertz CT molecular complexity index is 411. The van der Waals surface area contributed by atoms with E-state index in [0.717, 1.165) is 6.42 Å². The Balaban J connectivity index is 2.71. The van der Waals surface area contributed by atoms with Gasteiger partial charge >= 0.3 is 0 Å². The van der Waals surface area contributed by atoms with Crippen molar-refractivity contribution in [3.8, 4) is 0 Å². The number of amides is 2. The van der Waals surface area contributed by atoms with Crippen molar-refractivity contribution in [2.45, 2.75) is 71.5 Å². The van der Waals surface area contributed by atoms with E-state index >= 15 is 0 Å². The highest BCUT2D eigenvalue weighted by Crippen LogP contribution is 2.19. The second-order valence-electron chi connectivity index (χ2n) is 5.76. The maximum atomic E-state index is 12.5. The molecule has 0 bridgehead atoms. The van der Waals surface area contributed by atoms with E-state index < -0.39 is 12.1 Å². The number of hydrogen-bond acceptors (Lipinski definition) is 4. The quantitative estimate of drug-likeness (QED) is 0.696. The molecule has 1 unspecified atom stereocenters. The largest absolute Gasteiger partial charge is 0.345 e. The molecule has 126 valence electrons. The Hall–Kier alpha value is -1.43. The molecule has 22 heavy (non-hydrogen) atoms. The summed E-state index contributed by atoms with van der Waals surface area (Å²) < 4.78 is 0. The van der Waals surface area contributed by atoms with Crippen LogP contribution in [-0.2, 0) is 14.4 Å². The van der Waals surface area contributed by atoms with Gasteiger partial charge in [0.2, 0.25) is 11.8 Å². The number of hydrogen-bond donors (Lipinski definition) is 2. The van der Waals surface area contributed by atoms with Crippen molar-refractivity contribution in [3.63, 3.8) is 0 Å². The van der Waals surface area contributed by atoms with E-state index in [4.69, 9.17) is 0 Å². The van der Waals surface area contributed by atoms with Gasteiger partial charge in [-0.1, -0.05) is 20.8 Å². The molecule has 0 aromatic rings. The van der Waals surface area contributed by atoms with Crippen LogP contribution in [-0.4, -0.2) is 53.7 Å². The molecule has 0 aromatic carbocycles. The summed E-state index contributed by atoms with van der Waals surface area (Å²) >= 11 is 0. The monoisotopic (exact) mass is 311 g/mol. The van der Waals surface area contributed by atoms with Crippen LogP contribution in [0.5, 0.6) is 0 Å². The first-order valence-electron chi connectivity index (χ1n) is 8.33. The number of Topliss-reactive ketones (excluding diaryl/α,β-unsaturated/α-hetero) is 1. The van der Waals surface area contributed by atoms with Gasteiger partial charge in [-0.15, -0.1) is 0 Å². The summed E-state index contributed by atoms with van der Waals surface area (Å²) in [4.78, 5) is 38.3. The predicted octanol–water partition coefficient (Wildman–Crippen LogP) is 0.849. The fraction of sp³-hybridized carbons (Fsp3) is 0.812. The van der Waals surface area contributed by atoms with Crippen LogP contribution in [0.15, 0.2) is 0 Å². The predicted molar refractivity (Wildman–Crippen MR) is 85.4 cm³/mol. The summed E-state index contributed by atoms with van der Waals surface area (Å²) in [6.45, 7) is 8.74. The van der Waals surface area contributed by atoms with Crippen LogP contribution in [0.3, 0.4) is 0 Å². The molecule has 0 aliphatic carbocycles. The molecule has 1 saturated heterocycles. The molecule has 2 N–H and O–H groups in total. The van der Waals surface area contributed by atoms with Crippen LogP contribution >= 0.6 is 0 Å². The molecule has 0 spiro atoms. The molecule has 1 aliphatic rings. The second-order valence-corrected chi connectivity index (χ2v) is 5.76. The zero-order valence-electron chi connectivity index (χ0n) is 14.1. The Morgan fingerprint density at radius 2 is 1.91 bits per heavy atom. The first kappa shape index (κ1) is 18.6. The molecule has 6 nitrogen and oxygen atoms in total. The molecule has 1 heterocycles. The lowest BCUT2D eigenvalue weighted by Gasteiger charge is -2.28. The Morgan fingerprint density at radius 1 is 1.23 bits per heavy atom. The fourth-order valence-electron chi connectivity index (χ4n) is 2.87. The van der Waals surface area contributed by atoms with Crippen molar-refractivity contribution in [2.24, 2.45) is 0 Å². The van der Waals surface area contributed by atoms with Crippen LogP contribution in [0, 0.1) is 0 Å². The summed E-state index contributed by atoms with van der Waals surface area (Å²) in [6, 6.07) is -1.19. The number of nitrogens with zero attached hydrogens (tertiary/aromatic N) is 1. The van der Waals surface area contributed by atoms with E-state index in [2.05, 4.69) is 10.6 Å². The van der Waals surface area contributed by atoms with Gasteiger partial charge in [0.05, 0.1) is 12.1 Å². The second kappa shape index (κ2) is 8.88. The highest BCUT2D eigenvalue weighted by atomic mass is 16.2. The summed E-state index contributed by atoms with van der Waals surface area (Å²) in [5.74, 6) is -0.217. The van der Waals surface area contributed by atoms with Crippen molar-refractivity contribution in [2.75, 3.05) is 13.1 Å². The van der Waals surface area contributed by atoms with Gasteiger partial charge in [0.1, 0.15) is 6.04 Å². The van der Waals surface area contributed by atoms with Crippen molar-refractivity contribution >= 4 is 17.6 Å². The third kappa shape index (κ3) is 4.53. The van der Waals surface area contributed by atoms with Crippen LogP contribution in [0.2, 0.25) is 0 Å². The van der Waals surface area contributed by atoms with Crippen LogP contribution < -0.4 is 10.6 Å². The van der Waals surface area contributed by atoms with E-state index in [0.29, 0.717) is 32.4 Å². The zero-order valence-corrected chi connectivity index (χ0v) is 14.1. The van der Waals surface area contributed by atoms with Crippen molar-refractivity contribution in [3.05, 3.63) is 0 Å². The molecule has 1 aliphatic heterocycles. The maximum absolute atomic E-state index is 12.5. The molecule has 0 saturated carbocycles. The molecule has 0 radical (unpaired) electrons. The molecule has 1 fully saturated rings. The summed E-state index contributed by atoms with van der Waals surface area (Å²) in [5, 5.41) is 5.90. The van der Waals surface area contributed by atoms with Crippen molar-refractivity contribution in [1.82, 2.24) is 15.5 Å². The van der Waals surface area contributed by atoms with Gasteiger partial charge in [0.15, 0.2) is 5.78 Å². The van der Waals surface area contributed by atoms with Crippen LogP contribution in [0.4, 0.5) is 0 Å². The smallest absolute Gasteiger partial charge is 0.243 e. The summed E-state index contributed by atoms with van der Waals surface area (Å²) in [5.41, 5.74) is 0. The summed E-state index contributed by atoms with van der Waals surface area (Å²) in [6.07, 6.45) is 2.46. The normalized spacial score (nSPS) is 20.5. The number of likely N-dealkylation sites (N-methyl/N-ethyl adjacent to an activating group) is 1. The third-order valence-corrected chi connectivity index (χ3v) is 4.18. The van der Waals surface area contributed by atoms with Crippen LogP contribution in [0.25, 0.3) is 0 Å². The number of ketones is 1. The van der Waals surface area contributed by atoms with Crippen molar-refractivity contribution in [1.29, 1.82) is 0 Å². The average molecular weight is 311 g/mol. The Labute approximate surface area is 133 Å². The topological polar surface area (TPSA) is 78.5 Å². The lowest BCUT2D eigenvalue weighted by atomic mass is 10.1. The van der Waals surface area contributed by atoms with Gasteiger partial charge in [-0.05, 0) is 32.7 Å². The van der Waals surface area contributed by atoms with Gasteiger partial charge < -0.3 is 15.5 Å². The average Bonchev–Trinajstić information content (AvgIpc) is 3.00. The molecule has 2 amide bonds. The molecule has 6 heteroatoms. The molecule has 3 atom stereocenters. The van der Waals surface area contributed by atoms with E-state index in [9.17, 15) is 14.4 Å². The molecule has 0 aromatic heterocycles. The van der Waals surface area contributed by atoms with E-state index in [1.165, 1.54) is 0 Å². The minimum absolute atomic E-state index is 0.0349. The SMILES string of the molecule is CCNC(C)C(=O)N1CCC[C@@H]1C(=O)N[C@@H](CC)C(=O)CC. The minimum atomic E-state index is -0.452. The lowest BCUT2D eigenvalue weighted by molar-refractivity contribution is -0.140. The fourth-order valence-corrected chi connectivity index (χ4v) is 2.87. The first-order valence-corrected chi connectivity index (χ1v) is 8.33. The summed E-state index contributed by atoms with van der Waals surface area (Å²) in [7, 11) is 0. The van der Waals surface area contributed by atoms with Gasteiger partial charge in [0.25, 0.3) is 0 Å². The van der Waals surface area contributed by atoms with E-state index in [1.54, 1.807) is 11.8 Å². The van der Waals surface area contributed by atoms with Gasteiger partial charge in [0, 0.05) is 13.0 Å². The Kier molecular flexibility index (Phi) is 7.51.